The fourth-order valence-corrected chi connectivity index (χ4v) is 1.68. The molecule has 0 bridgehead atoms. The summed E-state index contributed by atoms with van der Waals surface area (Å²) in [6.07, 6.45) is 0.352. The van der Waals surface area contributed by atoms with E-state index in [2.05, 4.69) is 0 Å². The standard InChI is InChI=1S/C12H18FNO4/c1-12(2,3)18-11(17)14-6-4-5-8(7-14)9(13)10(15)16/h4-7H2,1-3H3,(H,15,16)/b9-8-. The Hall–Kier alpha value is -1.59. The second-order valence-corrected chi connectivity index (χ2v) is 5.23. The molecule has 1 amide bonds. The Balaban J connectivity index is 2.73. The summed E-state index contributed by atoms with van der Waals surface area (Å²) in [5.74, 6) is -2.75. The van der Waals surface area contributed by atoms with Crippen LogP contribution in [0.25, 0.3) is 0 Å². The summed E-state index contributed by atoms with van der Waals surface area (Å²) in [7, 11) is 0. The fraction of sp³-hybridized carbons (Fsp3) is 0.667. The molecule has 5 nitrogen and oxygen atoms in total. The number of carboxylic acid groups (broad SMARTS) is 1. The van der Waals surface area contributed by atoms with Gasteiger partial charge >= 0.3 is 12.1 Å². The Morgan fingerprint density at radius 3 is 2.50 bits per heavy atom. The van der Waals surface area contributed by atoms with Gasteiger partial charge in [0.05, 0.1) is 0 Å². The van der Waals surface area contributed by atoms with E-state index in [4.69, 9.17) is 9.84 Å². The number of carboxylic acids is 1. The number of amides is 1. The first-order chi connectivity index (χ1) is 8.20. The summed E-state index contributed by atoms with van der Waals surface area (Å²) < 4.78 is 18.4. The highest BCUT2D eigenvalue weighted by molar-refractivity contribution is 5.85. The molecule has 18 heavy (non-hydrogen) atoms. The number of rotatable bonds is 1. The molecule has 0 aromatic carbocycles. The molecular formula is C12H18FNO4. The van der Waals surface area contributed by atoms with Crippen LogP contribution < -0.4 is 0 Å². The van der Waals surface area contributed by atoms with Crippen molar-refractivity contribution in [2.24, 2.45) is 0 Å². The molecule has 0 radical (unpaired) electrons. The number of halogens is 1. The Morgan fingerprint density at radius 2 is 2.00 bits per heavy atom. The van der Waals surface area contributed by atoms with Crippen LogP contribution in [0.4, 0.5) is 9.18 Å². The second kappa shape index (κ2) is 5.37. The summed E-state index contributed by atoms with van der Waals surface area (Å²) in [6, 6.07) is 0. The lowest BCUT2D eigenvalue weighted by Crippen LogP contribution is -2.41. The summed E-state index contributed by atoms with van der Waals surface area (Å²) in [6.45, 7) is 5.65. The maximum Gasteiger partial charge on any atom is 0.410 e. The zero-order valence-corrected chi connectivity index (χ0v) is 10.8. The number of aliphatic carboxylic acids is 1. The van der Waals surface area contributed by atoms with E-state index in [1.54, 1.807) is 20.8 Å². The van der Waals surface area contributed by atoms with Gasteiger partial charge in [0.25, 0.3) is 0 Å². The van der Waals surface area contributed by atoms with Crippen LogP contribution in [-0.4, -0.2) is 40.8 Å². The van der Waals surface area contributed by atoms with E-state index in [9.17, 15) is 14.0 Å². The number of hydrogen-bond donors (Lipinski definition) is 1. The normalized spacial score (nSPS) is 19.4. The zero-order valence-electron chi connectivity index (χ0n) is 10.8. The topological polar surface area (TPSA) is 66.8 Å². The number of likely N-dealkylation sites (tertiary alicyclic amines) is 1. The fourth-order valence-electron chi connectivity index (χ4n) is 1.68. The molecular weight excluding hydrogens is 241 g/mol. The lowest BCUT2D eigenvalue weighted by atomic mass is 10.0. The number of carbonyl (C=O) groups excluding carboxylic acids is 1. The van der Waals surface area contributed by atoms with Crippen LogP contribution in [0.3, 0.4) is 0 Å². The molecule has 1 heterocycles. The number of ether oxygens (including phenoxy) is 1. The van der Waals surface area contributed by atoms with E-state index in [1.165, 1.54) is 4.90 Å². The van der Waals surface area contributed by atoms with E-state index in [0.717, 1.165) is 0 Å². The molecule has 1 N–H and O–H groups in total. The lowest BCUT2D eigenvalue weighted by molar-refractivity contribution is -0.134. The molecule has 102 valence electrons. The number of piperidine rings is 1. The third kappa shape index (κ3) is 4.01. The van der Waals surface area contributed by atoms with Crippen molar-refractivity contribution in [1.29, 1.82) is 0 Å². The summed E-state index contributed by atoms with van der Waals surface area (Å²) in [4.78, 5) is 23.6. The van der Waals surface area contributed by atoms with Crippen molar-refractivity contribution in [3.8, 4) is 0 Å². The molecule has 0 saturated carbocycles. The van der Waals surface area contributed by atoms with E-state index < -0.39 is 23.5 Å². The molecule has 1 aliphatic heterocycles. The van der Waals surface area contributed by atoms with Gasteiger partial charge in [0.2, 0.25) is 5.83 Å². The smallest absolute Gasteiger partial charge is 0.410 e. The number of carbonyl (C=O) groups is 2. The predicted octanol–water partition coefficient (Wildman–Crippen LogP) is 2.33. The van der Waals surface area contributed by atoms with Gasteiger partial charge in [-0.15, -0.1) is 0 Å². The molecule has 1 saturated heterocycles. The first kappa shape index (κ1) is 14.5. The molecule has 0 atom stereocenters. The Morgan fingerprint density at radius 1 is 1.39 bits per heavy atom. The van der Waals surface area contributed by atoms with Gasteiger partial charge in [-0.1, -0.05) is 0 Å². The molecule has 1 aliphatic rings. The molecule has 1 fully saturated rings. The van der Waals surface area contributed by atoms with Gasteiger partial charge in [0.15, 0.2) is 0 Å². The maximum absolute atomic E-state index is 13.3. The van der Waals surface area contributed by atoms with Gasteiger partial charge in [-0.25, -0.2) is 9.59 Å². The monoisotopic (exact) mass is 259 g/mol. The highest BCUT2D eigenvalue weighted by Gasteiger charge is 2.27. The van der Waals surface area contributed by atoms with Gasteiger partial charge in [0, 0.05) is 13.1 Å². The van der Waals surface area contributed by atoms with Gasteiger partial charge in [-0.3, -0.25) is 0 Å². The summed E-state index contributed by atoms with van der Waals surface area (Å²) >= 11 is 0. The lowest BCUT2D eigenvalue weighted by Gasteiger charge is -2.31. The van der Waals surface area contributed by atoms with Crippen molar-refractivity contribution >= 4 is 12.1 Å². The van der Waals surface area contributed by atoms with Gasteiger partial charge < -0.3 is 14.7 Å². The van der Waals surface area contributed by atoms with Crippen molar-refractivity contribution in [3.05, 3.63) is 11.4 Å². The number of hydrogen-bond acceptors (Lipinski definition) is 3. The second-order valence-electron chi connectivity index (χ2n) is 5.23. The molecule has 0 spiro atoms. The third-order valence-electron chi connectivity index (χ3n) is 2.44. The van der Waals surface area contributed by atoms with Crippen LogP contribution in [0, 0.1) is 0 Å². The Bertz CT molecular complexity index is 384. The quantitative estimate of drug-likeness (QED) is 0.734. The molecule has 0 aromatic rings. The minimum absolute atomic E-state index is 0.0208. The Labute approximate surface area is 105 Å². The van der Waals surface area contributed by atoms with Gasteiger partial charge in [-0.2, -0.15) is 4.39 Å². The van der Waals surface area contributed by atoms with E-state index in [-0.39, 0.29) is 12.1 Å². The molecule has 6 heteroatoms. The van der Waals surface area contributed by atoms with Crippen LogP contribution in [0.15, 0.2) is 11.4 Å². The van der Waals surface area contributed by atoms with Crippen molar-refractivity contribution < 1.29 is 23.8 Å². The molecule has 0 aromatic heterocycles. The van der Waals surface area contributed by atoms with Crippen molar-refractivity contribution in [2.45, 2.75) is 39.2 Å². The third-order valence-corrected chi connectivity index (χ3v) is 2.44. The van der Waals surface area contributed by atoms with E-state index in [0.29, 0.717) is 19.4 Å². The molecule has 1 rings (SSSR count). The minimum atomic E-state index is -1.59. The van der Waals surface area contributed by atoms with E-state index >= 15 is 0 Å². The maximum atomic E-state index is 13.3. The Kier molecular flexibility index (Phi) is 4.32. The number of nitrogens with zero attached hydrogens (tertiary/aromatic N) is 1. The highest BCUT2D eigenvalue weighted by atomic mass is 19.1. The van der Waals surface area contributed by atoms with Crippen LogP contribution in [-0.2, 0) is 9.53 Å². The van der Waals surface area contributed by atoms with E-state index in [1.807, 2.05) is 0 Å². The largest absolute Gasteiger partial charge is 0.476 e. The average Bonchev–Trinajstić information content (AvgIpc) is 2.25. The average molecular weight is 259 g/mol. The molecule has 0 aliphatic carbocycles. The van der Waals surface area contributed by atoms with Crippen LogP contribution in [0.2, 0.25) is 0 Å². The van der Waals surface area contributed by atoms with Crippen LogP contribution >= 0.6 is 0 Å². The van der Waals surface area contributed by atoms with Crippen LogP contribution in [0.5, 0.6) is 0 Å². The zero-order chi connectivity index (χ0) is 13.9. The first-order valence-corrected chi connectivity index (χ1v) is 5.79. The van der Waals surface area contributed by atoms with Crippen molar-refractivity contribution in [2.75, 3.05) is 13.1 Å². The van der Waals surface area contributed by atoms with Gasteiger partial charge in [-0.05, 0) is 39.2 Å². The predicted molar refractivity (Wildman–Crippen MR) is 62.8 cm³/mol. The minimum Gasteiger partial charge on any atom is -0.476 e. The van der Waals surface area contributed by atoms with Gasteiger partial charge in [0.1, 0.15) is 5.60 Å². The highest BCUT2D eigenvalue weighted by Crippen LogP contribution is 2.22. The van der Waals surface area contributed by atoms with Crippen LogP contribution in [0.1, 0.15) is 33.6 Å². The molecule has 0 unspecified atom stereocenters. The first-order valence-electron chi connectivity index (χ1n) is 5.79. The SMILES string of the molecule is CC(C)(C)OC(=O)N1CCC/C(=C(/F)C(=O)O)C1. The van der Waals surface area contributed by atoms with Crippen molar-refractivity contribution in [1.82, 2.24) is 4.90 Å². The van der Waals surface area contributed by atoms with Crippen molar-refractivity contribution in [3.63, 3.8) is 0 Å². The summed E-state index contributed by atoms with van der Waals surface area (Å²) in [5, 5.41) is 8.58. The summed E-state index contributed by atoms with van der Waals surface area (Å²) in [5.41, 5.74) is -0.483.